The Kier molecular flexibility index (Phi) is 11.0. The molecule has 250 valence electrons. The van der Waals surface area contributed by atoms with Crippen LogP contribution in [0.15, 0.2) is 146 Å². The molecule has 6 heteroatoms. The topological polar surface area (TPSA) is 59.1 Å². The van der Waals surface area contributed by atoms with Crippen molar-refractivity contribution in [3.8, 4) is 11.5 Å². The second-order valence-electron chi connectivity index (χ2n) is 11.8. The maximum Gasteiger partial charge on any atom is 0.150 e. The van der Waals surface area contributed by atoms with E-state index in [4.69, 9.17) is 9.47 Å². The van der Waals surface area contributed by atoms with Gasteiger partial charge >= 0.3 is 0 Å². The molecule has 6 rings (SSSR count). The quantitative estimate of drug-likeness (QED) is 0.0807. The number of aryl methyl sites for hydroxylation is 2. The van der Waals surface area contributed by atoms with Crippen LogP contribution in [0.25, 0.3) is 0 Å². The van der Waals surface area contributed by atoms with E-state index in [-0.39, 0.29) is 0 Å². The molecule has 0 saturated heterocycles. The summed E-state index contributed by atoms with van der Waals surface area (Å²) in [5.41, 5.74) is 9.76. The molecule has 0 radical (unpaired) electrons. The van der Waals surface area contributed by atoms with Gasteiger partial charge in [0.2, 0.25) is 0 Å². The maximum absolute atomic E-state index is 11.2. The zero-order valence-corrected chi connectivity index (χ0v) is 28.4. The number of benzene rings is 6. The van der Waals surface area contributed by atoms with E-state index < -0.39 is 0 Å². The van der Waals surface area contributed by atoms with Crippen molar-refractivity contribution in [3.05, 3.63) is 168 Å². The van der Waals surface area contributed by atoms with Gasteiger partial charge < -0.3 is 19.3 Å². The van der Waals surface area contributed by atoms with E-state index in [0.717, 1.165) is 71.0 Å². The Balaban J connectivity index is 1.10. The smallest absolute Gasteiger partial charge is 0.150 e. The molecule has 0 spiro atoms. The largest absolute Gasteiger partial charge is 0.490 e. The molecule has 0 bridgehead atoms. The predicted molar refractivity (Wildman–Crippen MR) is 203 cm³/mol. The van der Waals surface area contributed by atoms with E-state index in [9.17, 15) is 9.59 Å². The van der Waals surface area contributed by atoms with Gasteiger partial charge in [-0.2, -0.15) is 0 Å². The molecule has 0 aromatic heterocycles. The van der Waals surface area contributed by atoms with Gasteiger partial charge in [-0.15, -0.1) is 0 Å². The fourth-order valence-electron chi connectivity index (χ4n) is 5.76. The number of hydrogen-bond donors (Lipinski definition) is 0. The van der Waals surface area contributed by atoms with Gasteiger partial charge in [0.25, 0.3) is 0 Å². The first-order chi connectivity index (χ1) is 24.6. The van der Waals surface area contributed by atoms with Crippen LogP contribution in [-0.2, 0) is 12.8 Å². The second kappa shape index (κ2) is 16.3. The number of aldehydes is 2. The minimum Gasteiger partial charge on any atom is -0.490 e. The Morgan fingerprint density at radius 3 is 0.920 bits per heavy atom. The predicted octanol–water partition coefficient (Wildman–Crippen LogP) is 10.8. The summed E-state index contributed by atoms with van der Waals surface area (Å²) < 4.78 is 12.1. The number of nitrogens with zero attached hydrogens (tertiary/aromatic N) is 2. The second-order valence-corrected chi connectivity index (χ2v) is 11.8. The summed E-state index contributed by atoms with van der Waals surface area (Å²) in [7, 11) is 0. The van der Waals surface area contributed by atoms with Crippen molar-refractivity contribution in [1.29, 1.82) is 0 Å². The van der Waals surface area contributed by atoms with Gasteiger partial charge in [0.05, 0.1) is 0 Å². The lowest BCUT2D eigenvalue weighted by atomic mass is 10.1. The van der Waals surface area contributed by atoms with Gasteiger partial charge in [-0.05, 0) is 145 Å². The van der Waals surface area contributed by atoms with E-state index in [2.05, 4.69) is 72.2 Å². The van der Waals surface area contributed by atoms with Crippen molar-refractivity contribution in [2.24, 2.45) is 0 Å². The fraction of sp³-hybridized carbons (Fsp3) is 0.136. The van der Waals surface area contributed by atoms with Gasteiger partial charge in [0, 0.05) is 45.3 Å². The average Bonchev–Trinajstić information content (AvgIpc) is 3.19. The Morgan fingerprint density at radius 2 is 0.660 bits per heavy atom. The van der Waals surface area contributed by atoms with Gasteiger partial charge in [-0.3, -0.25) is 9.59 Å². The molecule has 0 aliphatic carbocycles. The molecule has 6 aromatic carbocycles. The minimum absolute atomic E-state index is 0.384. The van der Waals surface area contributed by atoms with E-state index in [1.807, 2.05) is 97.1 Å². The monoisotopic (exact) mass is 660 g/mol. The third-order valence-corrected chi connectivity index (χ3v) is 8.59. The lowest BCUT2D eigenvalue weighted by Crippen LogP contribution is -2.11. The molecule has 6 nitrogen and oxygen atoms in total. The third kappa shape index (κ3) is 8.10. The highest BCUT2D eigenvalue weighted by Crippen LogP contribution is 2.37. The molecule has 50 heavy (non-hydrogen) atoms. The third-order valence-electron chi connectivity index (χ3n) is 8.59. The van der Waals surface area contributed by atoms with Crippen molar-refractivity contribution in [2.75, 3.05) is 23.0 Å². The number of carbonyl (C=O) groups is 2. The maximum atomic E-state index is 11.2. The highest BCUT2D eigenvalue weighted by molar-refractivity contribution is 5.81. The van der Waals surface area contributed by atoms with Crippen LogP contribution in [0.4, 0.5) is 34.1 Å². The average molecular weight is 661 g/mol. The number of hydrogen-bond acceptors (Lipinski definition) is 6. The summed E-state index contributed by atoms with van der Waals surface area (Å²) in [6.45, 7) is 5.06. The highest BCUT2D eigenvalue weighted by atomic mass is 16.5. The molecule has 0 amide bonds. The summed E-state index contributed by atoms with van der Waals surface area (Å²) in [5, 5.41) is 0. The van der Waals surface area contributed by atoms with Gasteiger partial charge in [0.15, 0.2) is 0 Å². The number of ether oxygens (including phenoxy) is 2. The zero-order chi connectivity index (χ0) is 34.7. The van der Waals surface area contributed by atoms with Crippen molar-refractivity contribution < 1.29 is 19.1 Å². The van der Waals surface area contributed by atoms with Crippen molar-refractivity contribution in [2.45, 2.75) is 26.7 Å². The summed E-state index contributed by atoms with van der Waals surface area (Å²) in [5.74, 6) is 1.49. The molecule has 0 saturated carbocycles. The standard InChI is InChI=1S/C44H40N2O4/c1-3-33-5-13-37(14-6-33)45(39-17-9-35(31-47)10-18-39)41-21-25-43(26-22-41)49-29-30-50-44-27-23-42(24-28-44)46(38-15-7-34(4-2)8-16-38)40-19-11-36(32-48)12-20-40/h5-28,31-32H,3-4,29-30H2,1-2H3. The van der Waals surface area contributed by atoms with Crippen LogP contribution >= 0.6 is 0 Å². The first kappa shape index (κ1) is 33.7. The SMILES string of the molecule is CCc1ccc(N(c2ccc(C=O)cc2)c2ccc(OCCOc3ccc(N(c4ccc(C=O)cc4)c4ccc(CC)cc4)cc3)cc2)cc1. The van der Waals surface area contributed by atoms with Crippen LogP contribution < -0.4 is 19.3 Å². The molecule has 0 aliphatic rings. The first-order valence-electron chi connectivity index (χ1n) is 16.9. The molecule has 0 atom stereocenters. The molecule has 0 N–H and O–H groups in total. The number of anilines is 6. The first-order valence-corrected chi connectivity index (χ1v) is 16.9. The lowest BCUT2D eigenvalue weighted by Gasteiger charge is -2.26. The molecule has 0 fully saturated rings. The lowest BCUT2D eigenvalue weighted by molar-refractivity contribution is 0.111. The Bertz CT molecular complexity index is 1820. The van der Waals surface area contributed by atoms with Gasteiger partial charge in [-0.25, -0.2) is 0 Å². The zero-order valence-electron chi connectivity index (χ0n) is 28.4. The molecule has 0 heterocycles. The summed E-state index contributed by atoms with van der Waals surface area (Å²) >= 11 is 0. The van der Waals surface area contributed by atoms with Crippen LogP contribution in [0.3, 0.4) is 0 Å². The van der Waals surface area contributed by atoms with Crippen LogP contribution in [0, 0.1) is 0 Å². The van der Waals surface area contributed by atoms with E-state index in [1.54, 1.807) is 0 Å². The summed E-state index contributed by atoms with van der Waals surface area (Å²) in [6, 6.07) is 48.2. The van der Waals surface area contributed by atoms with Crippen LogP contribution in [0.1, 0.15) is 45.7 Å². The molecular formula is C44H40N2O4. The normalized spacial score (nSPS) is 10.7. The van der Waals surface area contributed by atoms with E-state index in [0.29, 0.717) is 24.3 Å². The molecular weight excluding hydrogens is 620 g/mol. The Hall–Kier alpha value is -6.14. The van der Waals surface area contributed by atoms with Gasteiger partial charge in [-0.1, -0.05) is 38.1 Å². The van der Waals surface area contributed by atoms with Crippen molar-refractivity contribution in [1.82, 2.24) is 0 Å². The Morgan fingerprint density at radius 1 is 0.400 bits per heavy atom. The van der Waals surface area contributed by atoms with Gasteiger partial charge in [0.1, 0.15) is 37.3 Å². The van der Waals surface area contributed by atoms with Crippen molar-refractivity contribution >= 4 is 46.7 Å². The number of rotatable bonds is 15. The Labute approximate surface area is 294 Å². The fourth-order valence-corrected chi connectivity index (χ4v) is 5.76. The van der Waals surface area contributed by atoms with Crippen LogP contribution in [-0.4, -0.2) is 25.8 Å². The number of carbonyl (C=O) groups excluding carboxylic acids is 2. The van der Waals surface area contributed by atoms with Crippen LogP contribution in [0.5, 0.6) is 11.5 Å². The van der Waals surface area contributed by atoms with Crippen molar-refractivity contribution in [3.63, 3.8) is 0 Å². The molecule has 0 aliphatic heterocycles. The highest BCUT2D eigenvalue weighted by Gasteiger charge is 2.14. The molecule has 0 unspecified atom stereocenters. The summed E-state index contributed by atoms with van der Waals surface area (Å²) in [6.07, 6.45) is 3.66. The van der Waals surface area contributed by atoms with E-state index in [1.165, 1.54) is 11.1 Å². The molecule has 6 aromatic rings. The van der Waals surface area contributed by atoms with E-state index >= 15 is 0 Å². The minimum atomic E-state index is 0.384. The van der Waals surface area contributed by atoms with Crippen LogP contribution in [0.2, 0.25) is 0 Å². The summed E-state index contributed by atoms with van der Waals surface area (Å²) in [4.78, 5) is 26.8.